The Morgan fingerprint density at radius 2 is 1.77 bits per heavy atom. The van der Waals surface area contributed by atoms with E-state index in [0.29, 0.717) is 0 Å². The Labute approximate surface area is 150 Å². The van der Waals surface area contributed by atoms with Gasteiger partial charge >= 0.3 is 0 Å². The van der Waals surface area contributed by atoms with Crippen LogP contribution in [-0.4, -0.2) is 40.3 Å². The molecule has 1 rings (SSSR count). The molecule has 0 aliphatic rings. The third-order valence-electron chi connectivity index (χ3n) is 3.15. The van der Waals surface area contributed by atoms with Crippen LogP contribution in [0.4, 0.5) is 0 Å². The number of halogens is 1. The summed E-state index contributed by atoms with van der Waals surface area (Å²) in [5.41, 5.74) is 1.24. The smallest absolute Gasteiger partial charge is 0.190 e. The van der Waals surface area contributed by atoms with Crippen molar-refractivity contribution < 1.29 is 9.47 Å². The minimum absolute atomic E-state index is 0. The van der Waals surface area contributed by atoms with E-state index in [-0.39, 0.29) is 24.0 Å². The van der Waals surface area contributed by atoms with Gasteiger partial charge in [-0.2, -0.15) is 0 Å². The maximum absolute atomic E-state index is 5.31. The molecule has 0 aromatic heterocycles. The van der Waals surface area contributed by atoms with Gasteiger partial charge in [0.15, 0.2) is 17.5 Å². The van der Waals surface area contributed by atoms with Crippen LogP contribution in [0.3, 0.4) is 0 Å². The molecule has 0 aliphatic carbocycles. The van der Waals surface area contributed by atoms with E-state index < -0.39 is 0 Å². The highest BCUT2D eigenvalue weighted by Gasteiger charge is 2.04. The molecule has 0 saturated carbocycles. The molecule has 1 aromatic rings. The van der Waals surface area contributed by atoms with Gasteiger partial charge in [-0.25, -0.2) is 0 Å². The molecule has 0 saturated heterocycles. The fourth-order valence-corrected chi connectivity index (χ4v) is 2.00. The predicted octanol–water partition coefficient (Wildman–Crippen LogP) is 2.83. The van der Waals surface area contributed by atoms with Crippen molar-refractivity contribution in [2.24, 2.45) is 4.99 Å². The number of aryl methyl sites for hydroxylation is 1. The summed E-state index contributed by atoms with van der Waals surface area (Å²) >= 11 is 0. The lowest BCUT2D eigenvalue weighted by Gasteiger charge is -2.12. The van der Waals surface area contributed by atoms with Gasteiger partial charge in [0.2, 0.25) is 0 Å². The maximum atomic E-state index is 5.31. The zero-order valence-corrected chi connectivity index (χ0v) is 16.3. The van der Waals surface area contributed by atoms with Crippen LogP contribution < -0.4 is 20.1 Å². The van der Waals surface area contributed by atoms with Crippen molar-refractivity contribution in [3.63, 3.8) is 0 Å². The van der Waals surface area contributed by atoms with Gasteiger partial charge in [0.05, 0.1) is 14.2 Å². The summed E-state index contributed by atoms with van der Waals surface area (Å²) in [6.45, 7) is 3.96. The molecule has 0 fully saturated rings. The Balaban J connectivity index is 0.00000441. The molecule has 22 heavy (non-hydrogen) atoms. The number of rotatable bonds is 8. The first-order valence-electron chi connectivity index (χ1n) is 7.40. The van der Waals surface area contributed by atoms with Crippen molar-refractivity contribution in [3.05, 3.63) is 23.8 Å². The fourth-order valence-electron chi connectivity index (χ4n) is 2.00. The summed E-state index contributed by atoms with van der Waals surface area (Å²) in [4.78, 5) is 4.18. The Morgan fingerprint density at radius 3 is 2.36 bits per heavy atom. The second kappa shape index (κ2) is 12.4. The van der Waals surface area contributed by atoms with Crippen LogP contribution >= 0.6 is 24.0 Å². The van der Waals surface area contributed by atoms with E-state index in [9.17, 15) is 0 Å². The lowest BCUT2D eigenvalue weighted by atomic mass is 10.1. The molecule has 0 radical (unpaired) electrons. The molecule has 2 N–H and O–H groups in total. The quantitative estimate of drug-likeness (QED) is 0.294. The van der Waals surface area contributed by atoms with E-state index in [0.717, 1.165) is 49.8 Å². The number of guanidine groups is 1. The molecule has 0 bridgehead atoms. The van der Waals surface area contributed by atoms with Crippen molar-refractivity contribution in [1.29, 1.82) is 0 Å². The highest BCUT2D eigenvalue weighted by atomic mass is 127. The number of benzene rings is 1. The number of methoxy groups -OCH3 is 2. The lowest BCUT2D eigenvalue weighted by Crippen LogP contribution is -2.38. The molecular formula is C16H28IN3O2. The van der Waals surface area contributed by atoms with Gasteiger partial charge < -0.3 is 20.1 Å². The van der Waals surface area contributed by atoms with Crippen molar-refractivity contribution >= 4 is 29.9 Å². The van der Waals surface area contributed by atoms with Gasteiger partial charge in [0.1, 0.15) is 0 Å². The highest BCUT2D eigenvalue weighted by Crippen LogP contribution is 2.27. The monoisotopic (exact) mass is 421 g/mol. The molecule has 126 valence electrons. The predicted molar refractivity (Wildman–Crippen MR) is 103 cm³/mol. The molecule has 0 spiro atoms. The number of ether oxygens (including phenoxy) is 2. The summed E-state index contributed by atoms with van der Waals surface area (Å²) in [6, 6.07) is 6.05. The molecule has 5 nitrogen and oxygen atoms in total. The lowest BCUT2D eigenvalue weighted by molar-refractivity contribution is 0.354. The Hall–Kier alpha value is -1.18. The first-order chi connectivity index (χ1) is 10.2. The Bertz CT molecular complexity index is 453. The third-order valence-corrected chi connectivity index (χ3v) is 3.15. The summed E-state index contributed by atoms with van der Waals surface area (Å²) in [5, 5.41) is 6.56. The summed E-state index contributed by atoms with van der Waals surface area (Å²) in [6.07, 6.45) is 3.10. The molecule has 0 amide bonds. The first-order valence-corrected chi connectivity index (χ1v) is 7.40. The largest absolute Gasteiger partial charge is 0.493 e. The number of nitrogens with zero attached hydrogens (tertiary/aromatic N) is 1. The second-order valence-corrected chi connectivity index (χ2v) is 4.72. The van der Waals surface area contributed by atoms with Crippen LogP contribution in [0.1, 0.15) is 25.3 Å². The van der Waals surface area contributed by atoms with Gasteiger partial charge in [-0.05, 0) is 37.0 Å². The van der Waals surface area contributed by atoms with Crippen LogP contribution in [0.5, 0.6) is 11.5 Å². The number of hydrogen-bond acceptors (Lipinski definition) is 3. The standard InChI is InChI=1S/C16H27N3O2.HI/c1-5-10-18-16(17-2)19-11-6-7-13-8-9-14(20-3)15(12-13)21-4;/h8-9,12H,5-7,10-11H2,1-4H3,(H2,17,18,19);1H. The van der Waals surface area contributed by atoms with Gasteiger partial charge in [0, 0.05) is 20.1 Å². The average molecular weight is 421 g/mol. The van der Waals surface area contributed by atoms with E-state index in [1.165, 1.54) is 5.56 Å². The molecule has 0 heterocycles. The topological polar surface area (TPSA) is 54.9 Å². The summed E-state index contributed by atoms with van der Waals surface area (Å²) in [7, 11) is 5.10. The van der Waals surface area contributed by atoms with Gasteiger partial charge in [-0.15, -0.1) is 24.0 Å². The Morgan fingerprint density at radius 1 is 1.09 bits per heavy atom. The van der Waals surface area contributed by atoms with Crippen LogP contribution in [0.15, 0.2) is 23.2 Å². The van der Waals surface area contributed by atoms with Crippen LogP contribution in [0.25, 0.3) is 0 Å². The summed E-state index contributed by atoms with van der Waals surface area (Å²) < 4.78 is 10.6. The molecule has 0 atom stereocenters. The van der Waals surface area contributed by atoms with Gasteiger partial charge in [0.25, 0.3) is 0 Å². The van der Waals surface area contributed by atoms with E-state index >= 15 is 0 Å². The van der Waals surface area contributed by atoms with Crippen molar-refractivity contribution in [2.45, 2.75) is 26.2 Å². The zero-order valence-electron chi connectivity index (χ0n) is 13.9. The number of aliphatic imine (C=N–C) groups is 1. The SMILES string of the molecule is CCCNC(=NC)NCCCc1ccc(OC)c(OC)c1.I. The van der Waals surface area contributed by atoms with Crippen molar-refractivity contribution in [2.75, 3.05) is 34.4 Å². The van der Waals surface area contributed by atoms with Crippen LogP contribution in [-0.2, 0) is 6.42 Å². The minimum Gasteiger partial charge on any atom is -0.493 e. The van der Waals surface area contributed by atoms with E-state index in [1.54, 1.807) is 21.3 Å². The maximum Gasteiger partial charge on any atom is 0.190 e. The van der Waals surface area contributed by atoms with E-state index in [2.05, 4.69) is 28.6 Å². The molecule has 0 unspecified atom stereocenters. The minimum atomic E-state index is 0. The van der Waals surface area contributed by atoms with E-state index in [4.69, 9.17) is 9.47 Å². The molecular weight excluding hydrogens is 393 g/mol. The van der Waals surface area contributed by atoms with Crippen LogP contribution in [0, 0.1) is 0 Å². The van der Waals surface area contributed by atoms with Gasteiger partial charge in [-0.1, -0.05) is 13.0 Å². The first kappa shape index (κ1) is 20.8. The second-order valence-electron chi connectivity index (χ2n) is 4.72. The number of nitrogens with one attached hydrogen (secondary N) is 2. The normalized spacial score (nSPS) is 10.6. The van der Waals surface area contributed by atoms with Crippen molar-refractivity contribution in [3.8, 4) is 11.5 Å². The Kier molecular flexibility index (Phi) is 11.7. The molecule has 1 aromatic carbocycles. The zero-order chi connectivity index (χ0) is 15.5. The fraction of sp³-hybridized carbons (Fsp3) is 0.562. The van der Waals surface area contributed by atoms with Crippen LogP contribution in [0.2, 0.25) is 0 Å². The van der Waals surface area contributed by atoms with E-state index in [1.807, 2.05) is 12.1 Å². The van der Waals surface area contributed by atoms with Crippen molar-refractivity contribution in [1.82, 2.24) is 10.6 Å². The highest BCUT2D eigenvalue weighted by molar-refractivity contribution is 14.0. The average Bonchev–Trinajstić information content (AvgIpc) is 2.53. The molecule has 6 heteroatoms. The third kappa shape index (κ3) is 7.20. The molecule has 0 aliphatic heterocycles. The summed E-state index contributed by atoms with van der Waals surface area (Å²) in [5.74, 6) is 2.41. The number of hydrogen-bond donors (Lipinski definition) is 2. The van der Waals surface area contributed by atoms with Gasteiger partial charge in [-0.3, -0.25) is 4.99 Å².